The zero-order valence-electron chi connectivity index (χ0n) is 19.4. The van der Waals surface area contributed by atoms with Crippen molar-refractivity contribution in [2.45, 2.75) is 19.9 Å². The summed E-state index contributed by atoms with van der Waals surface area (Å²) in [5.41, 5.74) is 8.88. The Morgan fingerprint density at radius 3 is 2.42 bits per heavy atom. The lowest BCUT2D eigenvalue weighted by atomic mass is 10.00. The van der Waals surface area contributed by atoms with E-state index in [1.165, 1.54) is 16.8 Å². The van der Waals surface area contributed by atoms with Crippen molar-refractivity contribution in [1.29, 1.82) is 0 Å². The number of anilines is 1. The van der Waals surface area contributed by atoms with E-state index in [-0.39, 0.29) is 0 Å². The summed E-state index contributed by atoms with van der Waals surface area (Å²) in [5.74, 6) is 0. The SMILES string of the molecule is Cc1cc(-c2cc3c(-c4cnn(C5COC5)c4)c[nH]c3nn2)cc(C)c1N1CCN(C)CC1. The van der Waals surface area contributed by atoms with Crippen LogP contribution in [0.15, 0.2) is 36.8 Å². The molecule has 0 saturated carbocycles. The van der Waals surface area contributed by atoms with Crippen molar-refractivity contribution in [2.24, 2.45) is 0 Å². The first-order valence-corrected chi connectivity index (χ1v) is 11.6. The number of nitrogens with zero attached hydrogens (tertiary/aromatic N) is 6. The second kappa shape index (κ2) is 7.97. The Labute approximate surface area is 193 Å². The third-order valence-corrected chi connectivity index (χ3v) is 6.95. The molecule has 8 heteroatoms. The third kappa shape index (κ3) is 3.59. The van der Waals surface area contributed by atoms with E-state index < -0.39 is 0 Å². The lowest BCUT2D eigenvalue weighted by Gasteiger charge is -2.36. The highest BCUT2D eigenvalue weighted by atomic mass is 16.5. The van der Waals surface area contributed by atoms with Crippen LogP contribution >= 0.6 is 0 Å². The zero-order chi connectivity index (χ0) is 22.5. The molecule has 4 aromatic rings. The minimum Gasteiger partial charge on any atom is -0.377 e. The second-order valence-electron chi connectivity index (χ2n) is 9.34. The Morgan fingerprint density at radius 1 is 0.970 bits per heavy atom. The Bertz CT molecular complexity index is 1290. The third-order valence-electron chi connectivity index (χ3n) is 6.95. The summed E-state index contributed by atoms with van der Waals surface area (Å²) in [6.45, 7) is 10.2. The van der Waals surface area contributed by atoms with Crippen molar-refractivity contribution in [1.82, 2.24) is 29.9 Å². The van der Waals surface area contributed by atoms with Gasteiger partial charge in [-0.2, -0.15) is 5.10 Å². The molecular weight excluding hydrogens is 414 g/mol. The number of rotatable bonds is 4. The van der Waals surface area contributed by atoms with Crippen LogP contribution in [0.3, 0.4) is 0 Å². The standard InChI is InChI=1S/C25H29N7O/c1-16-8-18(9-17(2)24(16)31-6-4-30(3)5-7-31)23-10-21-22(12-26-25(21)29-28-23)19-11-27-32(13-19)20-14-33-15-20/h8-13,20H,4-7,14-15H2,1-3H3,(H,26,29). The molecule has 8 nitrogen and oxygen atoms in total. The van der Waals surface area contributed by atoms with Crippen LogP contribution in [0.1, 0.15) is 17.2 Å². The van der Waals surface area contributed by atoms with Crippen LogP contribution in [0, 0.1) is 13.8 Å². The van der Waals surface area contributed by atoms with Gasteiger partial charge >= 0.3 is 0 Å². The second-order valence-corrected chi connectivity index (χ2v) is 9.34. The number of aryl methyl sites for hydroxylation is 2. The molecule has 0 atom stereocenters. The van der Waals surface area contributed by atoms with E-state index in [1.807, 2.05) is 17.1 Å². The van der Waals surface area contributed by atoms with E-state index in [9.17, 15) is 0 Å². The number of hydrogen-bond donors (Lipinski definition) is 1. The van der Waals surface area contributed by atoms with Gasteiger partial charge in [0.1, 0.15) is 0 Å². The molecule has 170 valence electrons. The molecule has 0 aliphatic carbocycles. The molecule has 33 heavy (non-hydrogen) atoms. The molecule has 2 fully saturated rings. The summed E-state index contributed by atoms with van der Waals surface area (Å²) in [6.07, 6.45) is 6.00. The maximum absolute atomic E-state index is 5.30. The fraction of sp³-hybridized carbons (Fsp3) is 0.400. The first-order chi connectivity index (χ1) is 16.1. The largest absolute Gasteiger partial charge is 0.377 e. The summed E-state index contributed by atoms with van der Waals surface area (Å²) in [7, 11) is 2.19. The summed E-state index contributed by atoms with van der Waals surface area (Å²) < 4.78 is 7.30. The number of piperazine rings is 1. The van der Waals surface area contributed by atoms with Gasteiger partial charge < -0.3 is 19.5 Å². The average molecular weight is 444 g/mol. The van der Waals surface area contributed by atoms with Crippen LogP contribution in [0.25, 0.3) is 33.4 Å². The lowest BCUT2D eigenvalue weighted by Crippen LogP contribution is -2.45. The van der Waals surface area contributed by atoms with Gasteiger partial charge in [0.25, 0.3) is 0 Å². The molecule has 3 aromatic heterocycles. The predicted octanol–water partition coefficient (Wildman–Crippen LogP) is 3.43. The van der Waals surface area contributed by atoms with Gasteiger partial charge in [0.05, 0.1) is 31.1 Å². The minimum absolute atomic E-state index is 0.337. The molecule has 6 rings (SSSR count). The molecule has 2 saturated heterocycles. The summed E-state index contributed by atoms with van der Waals surface area (Å²) in [6, 6.07) is 6.97. The van der Waals surface area contributed by atoms with Crippen molar-refractivity contribution in [3.8, 4) is 22.4 Å². The van der Waals surface area contributed by atoms with Gasteiger partial charge in [-0.1, -0.05) is 0 Å². The van der Waals surface area contributed by atoms with Crippen molar-refractivity contribution in [3.05, 3.63) is 47.9 Å². The van der Waals surface area contributed by atoms with E-state index in [0.29, 0.717) is 6.04 Å². The zero-order valence-corrected chi connectivity index (χ0v) is 19.4. The topological polar surface area (TPSA) is 75.1 Å². The fourth-order valence-corrected chi connectivity index (χ4v) is 4.99. The van der Waals surface area contributed by atoms with Crippen LogP contribution in [-0.2, 0) is 4.74 Å². The van der Waals surface area contributed by atoms with Crippen LogP contribution in [0.4, 0.5) is 5.69 Å². The lowest BCUT2D eigenvalue weighted by molar-refractivity contribution is -0.0286. The molecule has 5 heterocycles. The molecule has 0 bridgehead atoms. The first-order valence-electron chi connectivity index (χ1n) is 11.6. The molecule has 2 aliphatic rings. The average Bonchev–Trinajstić information content (AvgIpc) is 3.40. The van der Waals surface area contributed by atoms with Crippen molar-refractivity contribution in [3.63, 3.8) is 0 Å². The van der Waals surface area contributed by atoms with Gasteiger partial charge in [-0.05, 0) is 50.2 Å². The van der Waals surface area contributed by atoms with E-state index in [0.717, 1.165) is 72.8 Å². The molecule has 0 amide bonds. The number of benzene rings is 1. The molecule has 1 aromatic carbocycles. The maximum Gasteiger partial charge on any atom is 0.160 e. The normalized spacial score (nSPS) is 17.6. The maximum atomic E-state index is 5.30. The van der Waals surface area contributed by atoms with E-state index in [1.54, 1.807) is 0 Å². The molecule has 0 unspecified atom stereocenters. The number of fused-ring (bicyclic) bond motifs is 1. The molecule has 1 N–H and O–H groups in total. The summed E-state index contributed by atoms with van der Waals surface area (Å²) in [5, 5.41) is 14.6. The highest BCUT2D eigenvalue weighted by molar-refractivity contribution is 5.95. The number of aromatic nitrogens is 5. The Morgan fingerprint density at radius 2 is 1.73 bits per heavy atom. The molecule has 2 aliphatic heterocycles. The van der Waals surface area contributed by atoms with Gasteiger partial charge in [-0.15, -0.1) is 10.2 Å². The first kappa shape index (κ1) is 20.4. The minimum atomic E-state index is 0.337. The number of H-pyrrole nitrogens is 1. The number of nitrogens with one attached hydrogen (secondary N) is 1. The van der Waals surface area contributed by atoms with Gasteiger partial charge in [0.15, 0.2) is 5.65 Å². The highest BCUT2D eigenvalue weighted by Crippen LogP contribution is 2.34. The van der Waals surface area contributed by atoms with Crippen molar-refractivity contribution >= 4 is 16.7 Å². The summed E-state index contributed by atoms with van der Waals surface area (Å²) >= 11 is 0. The highest BCUT2D eigenvalue weighted by Gasteiger charge is 2.22. The summed E-state index contributed by atoms with van der Waals surface area (Å²) in [4.78, 5) is 8.16. The van der Waals surface area contributed by atoms with Crippen LogP contribution in [-0.4, -0.2) is 76.3 Å². The number of likely N-dealkylation sites (N-methyl/N-ethyl adjacent to an activating group) is 1. The van der Waals surface area contributed by atoms with Crippen LogP contribution in [0.5, 0.6) is 0 Å². The Hall–Kier alpha value is -3.23. The molecular formula is C25H29N7O. The number of hydrogen-bond acceptors (Lipinski definition) is 6. The Balaban J connectivity index is 1.35. The van der Waals surface area contributed by atoms with Gasteiger partial charge in [0.2, 0.25) is 0 Å². The monoisotopic (exact) mass is 443 g/mol. The van der Waals surface area contributed by atoms with Crippen molar-refractivity contribution < 1.29 is 4.74 Å². The predicted molar refractivity (Wildman–Crippen MR) is 130 cm³/mol. The van der Waals surface area contributed by atoms with Crippen molar-refractivity contribution in [2.75, 3.05) is 51.3 Å². The van der Waals surface area contributed by atoms with E-state index in [2.05, 4.69) is 75.4 Å². The van der Waals surface area contributed by atoms with Gasteiger partial charge in [-0.3, -0.25) is 4.68 Å². The number of ether oxygens (including phenoxy) is 1. The van der Waals surface area contributed by atoms with Crippen LogP contribution in [0.2, 0.25) is 0 Å². The number of aromatic amines is 1. The van der Waals surface area contributed by atoms with Gasteiger partial charge in [0, 0.05) is 66.3 Å². The van der Waals surface area contributed by atoms with E-state index in [4.69, 9.17) is 4.74 Å². The van der Waals surface area contributed by atoms with E-state index >= 15 is 0 Å². The Kier molecular flexibility index (Phi) is 4.92. The molecule has 0 spiro atoms. The van der Waals surface area contributed by atoms with Gasteiger partial charge in [-0.25, -0.2) is 0 Å². The quantitative estimate of drug-likeness (QED) is 0.521. The smallest absolute Gasteiger partial charge is 0.160 e. The molecule has 0 radical (unpaired) electrons. The van der Waals surface area contributed by atoms with Crippen LogP contribution < -0.4 is 4.90 Å². The fourth-order valence-electron chi connectivity index (χ4n) is 4.99.